The Bertz CT molecular complexity index is 987. The lowest BCUT2D eigenvalue weighted by Crippen LogP contribution is -2.22. The molecule has 0 N–H and O–H groups in total. The molecule has 1 fully saturated rings. The molecule has 146 valence electrons. The molecule has 1 saturated carbocycles. The van der Waals surface area contributed by atoms with Gasteiger partial charge in [0.05, 0.1) is 18.8 Å². The number of hydrogen-bond donors (Lipinski definition) is 0. The highest BCUT2D eigenvalue weighted by molar-refractivity contribution is 5.50. The van der Waals surface area contributed by atoms with Crippen LogP contribution in [0.15, 0.2) is 22.7 Å². The number of rotatable bonds is 3. The molecule has 5 rings (SSSR count). The van der Waals surface area contributed by atoms with E-state index in [-0.39, 0.29) is 6.10 Å². The molecule has 1 aromatic carbocycles. The minimum absolute atomic E-state index is 0.0249. The first kappa shape index (κ1) is 17.6. The SMILES string of the molecule is Cc1ccc([C@@H]2Cn3nnc(-c4nc(C5CCCCC5)no4)c3CO2)c(C)c1. The second kappa shape index (κ2) is 7.13. The first-order chi connectivity index (χ1) is 13.7. The Kier molecular flexibility index (Phi) is 4.47. The summed E-state index contributed by atoms with van der Waals surface area (Å²) >= 11 is 0. The molecule has 1 aliphatic heterocycles. The Hall–Kier alpha value is -2.54. The molecule has 28 heavy (non-hydrogen) atoms. The van der Waals surface area contributed by atoms with Gasteiger partial charge in [0.1, 0.15) is 6.10 Å². The van der Waals surface area contributed by atoms with Gasteiger partial charge in [-0.3, -0.25) is 0 Å². The van der Waals surface area contributed by atoms with Crippen LogP contribution >= 0.6 is 0 Å². The molecule has 7 heteroatoms. The summed E-state index contributed by atoms with van der Waals surface area (Å²) in [7, 11) is 0. The van der Waals surface area contributed by atoms with Gasteiger partial charge in [0.15, 0.2) is 11.5 Å². The van der Waals surface area contributed by atoms with Crippen LogP contribution in [0.2, 0.25) is 0 Å². The van der Waals surface area contributed by atoms with E-state index in [2.05, 4.69) is 52.5 Å². The van der Waals surface area contributed by atoms with E-state index in [1.54, 1.807) is 0 Å². The fourth-order valence-electron chi connectivity index (χ4n) is 4.41. The first-order valence-electron chi connectivity index (χ1n) is 10.1. The standard InChI is InChI=1S/C21H25N5O2/c1-13-8-9-16(14(2)10-13)18-11-26-17(12-27-18)19(23-25-26)21-22-20(24-28-21)15-6-4-3-5-7-15/h8-10,15,18H,3-7,11-12H2,1-2H3/t18-/m0/s1. The average molecular weight is 379 g/mol. The van der Waals surface area contributed by atoms with E-state index < -0.39 is 0 Å². The Morgan fingerprint density at radius 3 is 2.79 bits per heavy atom. The van der Waals surface area contributed by atoms with Crippen molar-refractivity contribution >= 4 is 0 Å². The van der Waals surface area contributed by atoms with Crippen LogP contribution in [0.3, 0.4) is 0 Å². The van der Waals surface area contributed by atoms with Gasteiger partial charge < -0.3 is 9.26 Å². The van der Waals surface area contributed by atoms with Crippen LogP contribution in [-0.4, -0.2) is 25.1 Å². The maximum absolute atomic E-state index is 6.16. The maximum Gasteiger partial charge on any atom is 0.280 e. The minimum Gasteiger partial charge on any atom is -0.365 e. The fraction of sp³-hybridized carbons (Fsp3) is 0.524. The van der Waals surface area contributed by atoms with Gasteiger partial charge >= 0.3 is 0 Å². The number of benzene rings is 1. The van der Waals surface area contributed by atoms with Crippen LogP contribution < -0.4 is 0 Å². The summed E-state index contributed by atoms with van der Waals surface area (Å²) in [5.74, 6) is 1.67. The van der Waals surface area contributed by atoms with Crippen molar-refractivity contribution in [1.29, 1.82) is 0 Å². The van der Waals surface area contributed by atoms with Crippen molar-refractivity contribution in [1.82, 2.24) is 25.1 Å². The molecule has 1 aliphatic carbocycles. The highest BCUT2D eigenvalue weighted by atomic mass is 16.5. The molecule has 0 spiro atoms. The van der Waals surface area contributed by atoms with Crippen LogP contribution in [-0.2, 0) is 17.9 Å². The Morgan fingerprint density at radius 2 is 1.96 bits per heavy atom. The Balaban J connectivity index is 1.38. The zero-order chi connectivity index (χ0) is 19.1. The third-order valence-electron chi connectivity index (χ3n) is 5.98. The first-order valence-corrected chi connectivity index (χ1v) is 10.1. The van der Waals surface area contributed by atoms with E-state index in [9.17, 15) is 0 Å². The van der Waals surface area contributed by atoms with Gasteiger partial charge in [-0.25, -0.2) is 4.68 Å². The summed E-state index contributed by atoms with van der Waals surface area (Å²) in [5, 5.41) is 12.9. The number of aromatic nitrogens is 5. The van der Waals surface area contributed by atoms with Crippen molar-refractivity contribution in [3.05, 3.63) is 46.4 Å². The summed E-state index contributed by atoms with van der Waals surface area (Å²) < 4.78 is 13.6. The lowest BCUT2D eigenvalue weighted by molar-refractivity contribution is -0.00153. The quantitative estimate of drug-likeness (QED) is 0.676. The highest BCUT2D eigenvalue weighted by Gasteiger charge is 2.29. The monoisotopic (exact) mass is 379 g/mol. The minimum atomic E-state index is -0.0249. The van der Waals surface area contributed by atoms with E-state index in [0.717, 1.165) is 24.4 Å². The lowest BCUT2D eigenvalue weighted by Gasteiger charge is -2.25. The molecular formula is C21H25N5O2. The normalized spacial score (nSPS) is 20.3. The lowest BCUT2D eigenvalue weighted by atomic mass is 9.89. The fourth-order valence-corrected chi connectivity index (χ4v) is 4.41. The predicted octanol–water partition coefficient (Wildman–Crippen LogP) is 4.26. The van der Waals surface area contributed by atoms with Crippen LogP contribution in [0.5, 0.6) is 0 Å². The molecular weight excluding hydrogens is 354 g/mol. The third kappa shape index (κ3) is 3.13. The van der Waals surface area contributed by atoms with Crippen molar-refractivity contribution < 1.29 is 9.26 Å². The number of aryl methyl sites for hydroxylation is 2. The topological polar surface area (TPSA) is 78.9 Å². The van der Waals surface area contributed by atoms with Crippen molar-refractivity contribution in [2.24, 2.45) is 0 Å². The van der Waals surface area contributed by atoms with Crippen LogP contribution in [0.1, 0.15) is 72.3 Å². The van der Waals surface area contributed by atoms with Crippen molar-refractivity contribution in [2.45, 2.75) is 71.1 Å². The smallest absolute Gasteiger partial charge is 0.280 e. The van der Waals surface area contributed by atoms with E-state index in [1.165, 1.54) is 36.0 Å². The van der Waals surface area contributed by atoms with Crippen LogP contribution in [0.4, 0.5) is 0 Å². The molecule has 0 radical (unpaired) electrons. The van der Waals surface area contributed by atoms with E-state index >= 15 is 0 Å². The maximum atomic E-state index is 6.16. The zero-order valence-electron chi connectivity index (χ0n) is 16.4. The molecule has 2 aliphatic rings. The third-order valence-corrected chi connectivity index (χ3v) is 5.98. The molecule has 7 nitrogen and oxygen atoms in total. The summed E-state index contributed by atoms with van der Waals surface area (Å²) in [6, 6.07) is 6.46. The number of hydrogen-bond acceptors (Lipinski definition) is 6. The molecule has 0 saturated heterocycles. The van der Waals surface area contributed by atoms with Gasteiger partial charge in [-0.15, -0.1) is 5.10 Å². The van der Waals surface area contributed by atoms with Crippen LogP contribution in [0.25, 0.3) is 11.6 Å². The summed E-state index contributed by atoms with van der Waals surface area (Å²) in [6.07, 6.45) is 6.03. The molecule has 0 bridgehead atoms. The van der Waals surface area contributed by atoms with Crippen LogP contribution in [0, 0.1) is 13.8 Å². The van der Waals surface area contributed by atoms with E-state index in [1.807, 2.05) is 4.68 Å². The van der Waals surface area contributed by atoms with Crippen molar-refractivity contribution in [3.8, 4) is 11.6 Å². The van der Waals surface area contributed by atoms with Gasteiger partial charge in [0.25, 0.3) is 5.89 Å². The summed E-state index contributed by atoms with van der Waals surface area (Å²) in [4.78, 5) is 4.64. The molecule has 0 amide bonds. The summed E-state index contributed by atoms with van der Waals surface area (Å²) in [6.45, 7) is 5.29. The zero-order valence-corrected chi connectivity index (χ0v) is 16.4. The second-order valence-electron chi connectivity index (χ2n) is 8.02. The molecule has 1 atom stereocenters. The molecule has 3 heterocycles. The van der Waals surface area contributed by atoms with Gasteiger partial charge in [-0.05, 0) is 37.8 Å². The van der Waals surface area contributed by atoms with Gasteiger partial charge in [0.2, 0.25) is 0 Å². The second-order valence-corrected chi connectivity index (χ2v) is 8.02. The van der Waals surface area contributed by atoms with Gasteiger partial charge in [0, 0.05) is 5.92 Å². The number of nitrogens with zero attached hydrogens (tertiary/aromatic N) is 5. The number of fused-ring (bicyclic) bond motifs is 1. The highest BCUT2D eigenvalue weighted by Crippen LogP contribution is 2.34. The van der Waals surface area contributed by atoms with Gasteiger partial charge in [-0.1, -0.05) is 53.4 Å². The van der Waals surface area contributed by atoms with E-state index in [0.29, 0.717) is 30.7 Å². The molecule has 2 aromatic heterocycles. The van der Waals surface area contributed by atoms with Crippen molar-refractivity contribution in [3.63, 3.8) is 0 Å². The number of ether oxygens (including phenoxy) is 1. The predicted molar refractivity (Wildman–Crippen MR) is 103 cm³/mol. The average Bonchev–Trinajstić information content (AvgIpc) is 3.35. The molecule has 0 unspecified atom stereocenters. The Labute approximate surface area is 164 Å². The van der Waals surface area contributed by atoms with Gasteiger partial charge in [-0.2, -0.15) is 4.98 Å². The molecule has 3 aromatic rings. The van der Waals surface area contributed by atoms with E-state index in [4.69, 9.17) is 9.26 Å². The van der Waals surface area contributed by atoms with Crippen molar-refractivity contribution in [2.75, 3.05) is 0 Å². The largest absolute Gasteiger partial charge is 0.365 e. The summed E-state index contributed by atoms with van der Waals surface area (Å²) in [5.41, 5.74) is 5.24. The Morgan fingerprint density at radius 1 is 1.11 bits per heavy atom.